The van der Waals surface area contributed by atoms with Crippen LogP contribution in [0.15, 0.2) is 0 Å². The highest BCUT2D eigenvalue weighted by molar-refractivity contribution is 5.08. The van der Waals surface area contributed by atoms with Gasteiger partial charge in [0, 0.05) is 18.2 Å². The average molecular weight is 155 g/mol. The van der Waals surface area contributed by atoms with Crippen molar-refractivity contribution in [3.8, 4) is 0 Å². The van der Waals surface area contributed by atoms with E-state index in [9.17, 15) is 0 Å². The third-order valence-corrected chi connectivity index (χ3v) is 3.16. The smallest absolute Gasteiger partial charge is 0.0448 e. The maximum atomic E-state index is 8.85. The van der Waals surface area contributed by atoms with Gasteiger partial charge in [-0.25, -0.2) is 0 Å². The van der Waals surface area contributed by atoms with Crippen molar-refractivity contribution in [1.29, 1.82) is 0 Å². The van der Waals surface area contributed by atoms with Crippen LogP contribution in [0.25, 0.3) is 0 Å². The Morgan fingerprint density at radius 1 is 1.55 bits per heavy atom. The summed E-state index contributed by atoms with van der Waals surface area (Å²) in [6.07, 6.45) is 4.86. The Bertz CT molecular complexity index is 146. The molecule has 3 aliphatic rings. The zero-order valence-electron chi connectivity index (χ0n) is 7.14. The van der Waals surface area contributed by atoms with Gasteiger partial charge in [0.2, 0.25) is 0 Å². The van der Waals surface area contributed by atoms with Gasteiger partial charge in [0.05, 0.1) is 0 Å². The fraction of sp³-hybridized carbons (Fsp3) is 1.00. The Morgan fingerprint density at radius 2 is 2.27 bits per heavy atom. The quantitative estimate of drug-likeness (QED) is 0.621. The van der Waals surface area contributed by atoms with E-state index in [0.29, 0.717) is 12.1 Å². The molecule has 1 saturated carbocycles. The molecule has 3 unspecified atom stereocenters. The Balaban J connectivity index is 1.95. The Morgan fingerprint density at radius 3 is 2.82 bits per heavy atom. The molecule has 2 bridgehead atoms. The number of aliphatic hydroxyl groups is 1. The lowest BCUT2D eigenvalue weighted by Crippen LogP contribution is -2.68. The molecular weight excluding hydrogens is 138 g/mol. The highest BCUT2D eigenvalue weighted by Crippen LogP contribution is 2.42. The monoisotopic (exact) mass is 155 g/mol. The van der Waals surface area contributed by atoms with Crippen LogP contribution in [0.4, 0.5) is 0 Å². The number of aliphatic hydroxyl groups excluding tert-OH is 1. The number of nitrogens with one attached hydrogen (secondary N) is 1. The van der Waals surface area contributed by atoms with Crippen molar-refractivity contribution in [1.82, 2.24) is 5.32 Å². The van der Waals surface area contributed by atoms with Gasteiger partial charge in [0.15, 0.2) is 0 Å². The fourth-order valence-corrected chi connectivity index (χ4v) is 2.89. The van der Waals surface area contributed by atoms with E-state index in [1.165, 1.54) is 19.3 Å². The molecule has 3 atom stereocenters. The molecule has 1 aliphatic carbocycles. The second-order valence-corrected chi connectivity index (χ2v) is 4.34. The lowest BCUT2D eigenvalue weighted by atomic mass is 9.65. The maximum absolute atomic E-state index is 8.85. The number of rotatable bonds is 2. The van der Waals surface area contributed by atoms with E-state index in [0.717, 1.165) is 18.4 Å². The fourth-order valence-electron chi connectivity index (χ4n) is 2.89. The molecule has 2 aliphatic heterocycles. The molecule has 2 saturated heterocycles. The molecule has 64 valence electrons. The number of hydrogen-bond acceptors (Lipinski definition) is 2. The first-order chi connectivity index (χ1) is 5.24. The third kappa shape index (κ3) is 1.18. The average Bonchev–Trinajstić information content (AvgIpc) is 1.84. The van der Waals surface area contributed by atoms with Crippen molar-refractivity contribution in [2.45, 2.75) is 44.2 Å². The molecule has 0 spiro atoms. The van der Waals surface area contributed by atoms with Crippen LogP contribution in [0.3, 0.4) is 0 Å². The minimum Gasteiger partial charge on any atom is -0.396 e. The molecular formula is C9H17NO. The van der Waals surface area contributed by atoms with Crippen molar-refractivity contribution in [2.24, 2.45) is 5.92 Å². The third-order valence-electron chi connectivity index (χ3n) is 3.16. The molecule has 11 heavy (non-hydrogen) atoms. The van der Waals surface area contributed by atoms with Crippen molar-refractivity contribution in [3.05, 3.63) is 0 Å². The zero-order chi connectivity index (χ0) is 7.90. The van der Waals surface area contributed by atoms with Crippen molar-refractivity contribution >= 4 is 0 Å². The highest BCUT2D eigenvalue weighted by Gasteiger charge is 2.47. The van der Waals surface area contributed by atoms with Gasteiger partial charge in [0.1, 0.15) is 0 Å². The first-order valence-corrected chi connectivity index (χ1v) is 4.63. The van der Waals surface area contributed by atoms with Gasteiger partial charge in [-0.1, -0.05) is 6.92 Å². The summed E-state index contributed by atoms with van der Waals surface area (Å²) in [4.78, 5) is 0. The van der Waals surface area contributed by atoms with Gasteiger partial charge in [-0.2, -0.15) is 0 Å². The summed E-state index contributed by atoms with van der Waals surface area (Å²) in [6.45, 7) is 2.66. The van der Waals surface area contributed by atoms with Crippen LogP contribution < -0.4 is 5.32 Å². The van der Waals surface area contributed by atoms with Crippen LogP contribution in [-0.4, -0.2) is 23.3 Å². The van der Waals surface area contributed by atoms with Crippen LogP contribution in [0.2, 0.25) is 0 Å². The van der Waals surface area contributed by atoms with Crippen LogP contribution in [0.1, 0.15) is 32.6 Å². The van der Waals surface area contributed by atoms with Crippen molar-refractivity contribution in [2.75, 3.05) is 6.61 Å². The standard InChI is InChI=1S/C9H17NO/c1-7-4-8-6-9(5-7,10-8)2-3-11/h7-8,10-11H,2-6H2,1H3. The van der Waals surface area contributed by atoms with Gasteiger partial charge in [-0.3, -0.25) is 0 Å². The zero-order valence-corrected chi connectivity index (χ0v) is 7.14. The first-order valence-electron chi connectivity index (χ1n) is 4.63. The summed E-state index contributed by atoms with van der Waals surface area (Å²) >= 11 is 0. The highest BCUT2D eigenvalue weighted by atomic mass is 16.3. The molecule has 0 aromatic heterocycles. The van der Waals surface area contributed by atoms with Crippen molar-refractivity contribution in [3.63, 3.8) is 0 Å². The van der Waals surface area contributed by atoms with Crippen LogP contribution in [-0.2, 0) is 0 Å². The lowest BCUT2D eigenvalue weighted by molar-refractivity contribution is 0.0187. The van der Waals surface area contributed by atoms with E-state index in [1.807, 2.05) is 0 Å². The topological polar surface area (TPSA) is 32.3 Å². The molecule has 2 heteroatoms. The normalized spacial score (nSPS) is 48.5. The van der Waals surface area contributed by atoms with E-state index in [-0.39, 0.29) is 0 Å². The molecule has 0 aromatic rings. The molecule has 0 amide bonds. The predicted octanol–water partition coefficient (Wildman–Crippen LogP) is 0.899. The van der Waals surface area contributed by atoms with Crippen LogP contribution in [0.5, 0.6) is 0 Å². The molecule has 2 N–H and O–H groups in total. The molecule has 3 fully saturated rings. The van der Waals surface area contributed by atoms with E-state index >= 15 is 0 Å². The van der Waals surface area contributed by atoms with Crippen LogP contribution in [0, 0.1) is 5.92 Å². The van der Waals surface area contributed by atoms with Crippen molar-refractivity contribution < 1.29 is 5.11 Å². The molecule has 0 radical (unpaired) electrons. The largest absolute Gasteiger partial charge is 0.396 e. The molecule has 2 heterocycles. The van der Waals surface area contributed by atoms with E-state index < -0.39 is 0 Å². The van der Waals surface area contributed by atoms with E-state index in [2.05, 4.69) is 12.2 Å². The van der Waals surface area contributed by atoms with Crippen LogP contribution >= 0.6 is 0 Å². The summed E-state index contributed by atoms with van der Waals surface area (Å²) < 4.78 is 0. The van der Waals surface area contributed by atoms with Gasteiger partial charge in [-0.05, 0) is 31.6 Å². The lowest BCUT2D eigenvalue weighted by Gasteiger charge is -2.56. The number of fused-ring (bicyclic) bond motifs is 2. The van der Waals surface area contributed by atoms with Gasteiger partial charge < -0.3 is 10.4 Å². The van der Waals surface area contributed by atoms with Gasteiger partial charge in [-0.15, -0.1) is 0 Å². The molecule has 3 rings (SSSR count). The Labute approximate surface area is 68.0 Å². The SMILES string of the molecule is CC1CC2CC(CCO)(C1)N2. The minimum absolute atomic E-state index is 0.340. The molecule has 0 aromatic carbocycles. The van der Waals surface area contributed by atoms with E-state index in [4.69, 9.17) is 5.11 Å². The number of piperidine rings is 1. The summed E-state index contributed by atoms with van der Waals surface area (Å²) in [7, 11) is 0. The van der Waals surface area contributed by atoms with E-state index in [1.54, 1.807) is 0 Å². The van der Waals surface area contributed by atoms with Gasteiger partial charge in [0.25, 0.3) is 0 Å². The first kappa shape index (κ1) is 7.56. The Hall–Kier alpha value is -0.0800. The minimum atomic E-state index is 0.340. The number of hydrogen-bond donors (Lipinski definition) is 2. The molecule has 2 nitrogen and oxygen atoms in total. The maximum Gasteiger partial charge on any atom is 0.0448 e. The summed E-state index contributed by atoms with van der Waals surface area (Å²) in [5, 5.41) is 12.4. The summed E-state index contributed by atoms with van der Waals surface area (Å²) in [5.74, 6) is 0.863. The Kier molecular flexibility index (Phi) is 1.69. The second-order valence-electron chi connectivity index (χ2n) is 4.34. The summed E-state index contributed by atoms with van der Waals surface area (Å²) in [5.41, 5.74) is 0.344. The second kappa shape index (κ2) is 2.46. The summed E-state index contributed by atoms with van der Waals surface area (Å²) in [6, 6.07) is 0.769. The predicted molar refractivity (Wildman–Crippen MR) is 44.4 cm³/mol. The van der Waals surface area contributed by atoms with Gasteiger partial charge >= 0.3 is 0 Å².